The molecule has 0 aromatic heterocycles. The van der Waals surface area contributed by atoms with E-state index in [1.807, 2.05) is 0 Å². The fraction of sp³-hybridized carbons (Fsp3) is 0.556. The van der Waals surface area contributed by atoms with E-state index in [0.29, 0.717) is 5.92 Å². The lowest BCUT2D eigenvalue weighted by Gasteiger charge is -2.22. The second kappa shape index (κ2) is 11.6. The summed E-state index contributed by atoms with van der Waals surface area (Å²) >= 11 is 1.80. The van der Waals surface area contributed by atoms with E-state index in [1.54, 1.807) is 30.8 Å². The quantitative estimate of drug-likeness (QED) is 0.297. The summed E-state index contributed by atoms with van der Waals surface area (Å²) in [4.78, 5) is 20.3. The van der Waals surface area contributed by atoms with Crippen molar-refractivity contribution < 1.29 is 4.79 Å². The molecule has 0 bridgehead atoms. The molecule has 1 fully saturated rings. The SMILES string of the molecule is CSCCNC(=NCC(=O)N(C)C)N1CCC(c2ccccc2)C1.I. The van der Waals surface area contributed by atoms with Crippen molar-refractivity contribution in [1.82, 2.24) is 15.1 Å². The van der Waals surface area contributed by atoms with Crippen molar-refractivity contribution in [3.63, 3.8) is 0 Å². The van der Waals surface area contributed by atoms with E-state index >= 15 is 0 Å². The van der Waals surface area contributed by atoms with Crippen molar-refractivity contribution in [2.75, 3.05) is 52.3 Å². The molecule has 0 aliphatic carbocycles. The molecule has 1 saturated heterocycles. The summed E-state index contributed by atoms with van der Waals surface area (Å²) in [5, 5.41) is 3.41. The minimum atomic E-state index is 0. The van der Waals surface area contributed by atoms with Crippen LogP contribution in [0.2, 0.25) is 0 Å². The van der Waals surface area contributed by atoms with Gasteiger partial charge < -0.3 is 15.1 Å². The third-order valence-corrected chi connectivity index (χ3v) is 4.82. The number of likely N-dealkylation sites (N-methyl/N-ethyl adjacent to an activating group) is 1. The number of carbonyl (C=O) groups is 1. The Kier molecular flexibility index (Phi) is 10.3. The van der Waals surface area contributed by atoms with Crippen LogP contribution in [0.25, 0.3) is 0 Å². The molecule has 0 radical (unpaired) electrons. The maximum Gasteiger partial charge on any atom is 0.243 e. The molecule has 1 aliphatic heterocycles. The number of hydrogen-bond donors (Lipinski definition) is 1. The Morgan fingerprint density at radius 1 is 1.36 bits per heavy atom. The van der Waals surface area contributed by atoms with E-state index in [2.05, 4.69) is 51.8 Å². The molecule has 2 rings (SSSR count). The highest BCUT2D eigenvalue weighted by molar-refractivity contribution is 14.0. The van der Waals surface area contributed by atoms with Crippen LogP contribution in [-0.2, 0) is 4.79 Å². The van der Waals surface area contributed by atoms with Gasteiger partial charge in [0.25, 0.3) is 0 Å². The van der Waals surface area contributed by atoms with Gasteiger partial charge in [-0.05, 0) is 18.2 Å². The van der Waals surface area contributed by atoms with Crippen LogP contribution in [0, 0.1) is 0 Å². The topological polar surface area (TPSA) is 47.9 Å². The van der Waals surface area contributed by atoms with Crippen LogP contribution in [-0.4, -0.2) is 73.9 Å². The summed E-state index contributed by atoms with van der Waals surface area (Å²) in [6, 6.07) is 10.6. The van der Waals surface area contributed by atoms with Gasteiger partial charge in [-0.25, -0.2) is 4.99 Å². The first-order valence-electron chi connectivity index (χ1n) is 8.39. The van der Waals surface area contributed by atoms with Crippen LogP contribution in [0.3, 0.4) is 0 Å². The van der Waals surface area contributed by atoms with Gasteiger partial charge in [0, 0.05) is 45.4 Å². The third kappa shape index (κ3) is 7.05. The lowest BCUT2D eigenvalue weighted by Crippen LogP contribution is -2.41. The predicted molar refractivity (Wildman–Crippen MR) is 118 cm³/mol. The molecule has 1 N–H and O–H groups in total. The molecule has 1 aromatic carbocycles. The van der Waals surface area contributed by atoms with E-state index in [4.69, 9.17) is 0 Å². The van der Waals surface area contributed by atoms with Crippen molar-refractivity contribution in [3.8, 4) is 0 Å². The lowest BCUT2D eigenvalue weighted by molar-refractivity contribution is -0.127. The Balaban J connectivity index is 0.00000312. The second-order valence-electron chi connectivity index (χ2n) is 6.19. The molecule has 140 valence electrons. The maximum absolute atomic E-state index is 11.8. The van der Waals surface area contributed by atoms with Crippen LogP contribution in [0.15, 0.2) is 35.3 Å². The zero-order valence-electron chi connectivity index (χ0n) is 15.3. The highest BCUT2D eigenvalue weighted by Gasteiger charge is 2.26. The number of rotatable bonds is 6. The molecular weight excluding hydrogens is 447 g/mol. The molecule has 0 spiro atoms. The van der Waals surface area contributed by atoms with Gasteiger partial charge in [0.1, 0.15) is 6.54 Å². The number of aliphatic imine (C=N–C) groups is 1. The van der Waals surface area contributed by atoms with Crippen molar-refractivity contribution in [1.29, 1.82) is 0 Å². The highest BCUT2D eigenvalue weighted by Crippen LogP contribution is 2.26. The fourth-order valence-electron chi connectivity index (χ4n) is 2.77. The number of nitrogens with one attached hydrogen (secondary N) is 1. The van der Waals surface area contributed by atoms with E-state index in [0.717, 1.165) is 37.8 Å². The van der Waals surface area contributed by atoms with Crippen LogP contribution < -0.4 is 5.32 Å². The second-order valence-corrected chi connectivity index (χ2v) is 7.18. The van der Waals surface area contributed by atoms with Gasteiger partial charge >= 0.3 is 0 Å². The summed E-state index contributed by atoms with van der Waals surface area (Å²) in [7, 11) is 3.53. The molecule has 5 nitrogen and oxygen atoms in total. The van der Waals surface area contributed by atoms with Gasteiger partial charge in [-0.1, -0.05) is 30.3 Å². The molecule has 1 heterocycles. The summed E-state index contributed by atoms with van der Waals surface area (Å²) in [5.41, 5.74) is 1.38. The van der Waals surface area contributed by atoms with Crippen LogP contribution >= 0.6 is 35.7 Å². The molecular formula is C18H29IN4OS. The van der Waals surface area contributed by atoms with Crippen molar-refractivity contribution in [3.05, 3.63) is 35.9 Å². The van der Waals surface area contributed by atoms with E-state index in [9.17, 15) is 4.79 Å². The van der Waals surface area contributed by atoms with Crippen molar-refractivity contribution in [2.45, 2.75) is 12.3 Å². The number of nitrogens with zero attached hydrogens (tertiary/aromatic N) is 3. The third-order valence-electron chi connectivity index (χ3n) is 4.21. The fourth-order valence-corrected chi connectivity index (χ4v) is 3.07. The summed E-state index contributed by atoms with van der Waals surface area (Å²) < 4.78 is 0. The van der Waals surface area contributed by atoms with Gasteiger partial charge in [0.15, 0.2) is 5.96 Å². The standard InChI is InChI=1S/C18H28N4OS.HI/c1-21(2)17(23)13-20-18(19-10-12-24-3)22-11-9-16(14-22)15-7-5-4-6-8-15;/h4-8,16H,9-14H2,1-3H3,(H,19,20);1H. The van der Waals surface area contributed by atoms with Crippen LogP contribution in [0.5, 0.6) is 0 Å². The Bertz CT molecular complexity index is 553. The van der Waals surface area contributed by atoms with Crippen LogP contribution in [0.1, 0.15) is 17.9 Å². The number of halogens is 1. The molecule has 1 aliphatic rings. The molecule has 1 unspecified atom stereocenters. The number of thioether (sulfide) groups is 1. The van der Waals surface area contributed by atoms with Crippen molar-refractivity contribution >= 4 is 47.6 Å². The summed E-state index contributed by atoms with van der Waals surface area (Å²) in [6.45, 7) is 2.98. The zero-order chi connectivity index (χ0) is 17.4. The van der Waals surface area contributed by atoms with Gasteiger partial charge in [0.2, 0.25) is 5.91 Å². The average Bonchev–Trinajstić information content (AvgIpc) is 3.08. The molecule has 0 saturated carbocycles. The predicted octanol–water partition coefficient (Wildman–Crippen LogP) is 2.49. The van der Waals surface area contributed by atoms with Gasteiger partial charge in [-0.15, -0.1) is 24.0 Å². The van der Waals surface area contributed by atoms with Gasteiger partial charge in [0.05, 0.1) is 0 Å². The smallest absolute Gasteiger partial charge is 0.243 e. The summed E-state index contributed by atoms with van der Waals surface area (Å²) in [5.74, 6) is 2.44. The monoisotopic (exact) mass is 476 g/mol. The molecule has 7 heteroatoms. The number of guanidine groups is 1. The minimum absolute atomic E-state index is 0. The Morgan fingerprint density at radius 3 is 2.72 bits per heavy atom. The first-order valence-corrected chi connectivity index (χ1v) is 9.78. The van der Waals surface area contributed by atoms with Crippen LogP contribution in [0.4, 0.5) is 0 Å². The first-order chi connectivity index (χ1) is 11.6. The Labute approximate surface area is 172 Å². The van der Waals surface area contributed by atoms with Gasteiger partial charge in [-0.3, -0.25) is 4.79 Å². The minimum Gasteiger partial charge on any atom is -0.355 e. The molecule has 1 aromatic rings. The number of likely N-dealkylation sites (tertiary alicyclic amines) is 1. The average molecular weight is 476 g/mol. The van der Waals surface area contributed by atoms with E-state index < -0.39 is 0 Å². The number of carbonyl (C=O) groups excluding carboxylic acids is 1. The number of benzene rings is 1. The molecule has 25 heavy (non-hydrogen) atoms. The Hall–Kier alpha value is -0.960. The van der Waals surface area contributed by atoms with Gasteiger partial charge in [-0.2, -0.15) is 11.8 Å². The number of amides is 1. The van der Waals surface area contributed by atoms with E-state index in [-0.39, 0.29) is 36.4 Å². The normalized spacial score (nSPS) is 17.2. The zero-order valence-corrected chi connectivity index (χ0v) is 18.4. The first kappa shape index (κ1) is 22.1. The lowest BCUT2D eigenvalue weighted by atomic mass is 9.99. The Morgan fingerprint density at radius 2 is 2.08 bits per heavy atom. The summed E-state index contributed by atoms with van der Waals surface area (Å²) in [6.07, 6.45) is 3.21. The van der Waals surface area contributed by atoms with E-state index in [1.165, 1.54) is 5.56 Å². The molecule has 1 amide bonds. The maximum atomic E-state index is 11.8. The largest absolute Gasteiger partial charge is 0.355 e. The highest BCUT2D eigenvalue weighted by atomic mass is 127. The number of hydrogen-bond acceptors (Lipinski definition) is 3. The molecule has 1 atom stereocenters. The van der Waals surface area contributed by atoms with Crippen molar-refractivity contribution in [2.24, 2.45) is 4.99 Å².